The van der Waals surface area contributed by atoms with Crippen molar-refractivity contribution in [1.82, 2.24) is 10.6 Å². The second kappa shape index (κ2) is 23.0. The van der Waals surface area contributed by atoms with E-state index in [2.05, 4.69) is 23.8 Å². The largest absolute Gasteiger partial charge is 0.493 e. The number of aliphatic hydroxyl groups excluding tert-OH is 1. The molecule has 1 aliphatic rings. The first-order chi connectivity index (χ1) is 26.8. The van der Waals surface area contributed by atoms with Crippen LogP contribution in [0.1, 0.15) is 82.3 Å². The lowest BCUT2D eigenvalue weighted by atomic mass is 9.79. The summed E-state index contributed by atoms with van der Waals surface area (Å²) >= 11 is 0. The molecule has 2 rings (SSSR count). The van der Waals surface area contributed by atoms with Crippen LogP contribution in [0.15, 0.2) is 37.4 Å². The summed E-state index contributed by atoms with van der Waals surface area (Å²) in [5, 5.41) is 16.6. The number of carbonyl (C=O) groups is 5. The van der Waals surface area contributed by atoms with Gasteiger partial charge in [-0.2, -0.15) is 0 Å². The van der Waals surface area contributed by atoms with Gasteiger partial charge in [0.15, 0.2) is 17.8 Å². The normalized spacial score (nSPS) is 20.8. The molecule has 0 spiro atoms. The monoisotopic (exact) mass is 806 g/mol. The van der Waals surface area contributed by atoms with Gasteiger partial charge in [0.1, 0.15) is 17.5 Å². The average molecular weight is 807 g/mol. The third-order valence-electron chi connectivity index (χ3n) is 8.83. The number of alkyl carbamates (subject to hydrolysis) is 1. The molecule has 0 aromatic heterocycles. The maximum Gasteiger partial charge on any atom is 0.408 e. The van der Waals surface area contributed by atoms with E-state index in [0.717, 1.165) is 13.8 Å². The fraction of sp³-hybridized carbons (Fsp3) is 0.634. The third kappa shape index (κ3) is 15.7. The fourth-order valence-corrected chi connectivity index (χ4v) is 6.34. The van der Waals surface area contributed by atoms with Gasteiger partial charge in [-0.05, 0) is 57.9 Å². The summed E-state index contributed by atoms with van der Waals surface area (Å²) in [4.78, 5) is 63.4. The molecule has 16 heteroatoms. The van der Waals surface area contributed by atoms with Crippen molar-refractivity contribution >= 4 is 29.9 Å². The zero-order valence-electron chi connectivity index (χ0n) is 34.8. The van der Waals surface area contributed by atoms with Gasteiger partial charge in [-0.25, -0.2) is 9.59 Å². The van der Waals surface area contributed by atoms with Crippen molar-refractivity contribution in [3.63, 3.8) is 0 Å². The highest BCUT2D eigenvalue weighted by Gasteiger charge is 2.54. The SMILES string of the molecule is C=CCOC[C@H](COCCCOc1c(C)cc(C(=O)NC[C@@H](OC(C)=O)[C@@H](OC(C)=O)[C@@H]2OC(CC=C)(C(=O)OC)C[C@H](O)[C@H]2C)cc1C)NC(=O)OC(C)(C)C. The van der Waals surface area contributed by atoms with E-state index in [1.807, 2.05) is 0 Å². The van der Waals surface area contributed by atoms with Crippen molar-refractivity contribution in [3.05, 3.63) is 54.1 Å². The molecule has 57 heavy (non-hydrogen) atoms. The Bertz CT molecular complexity index is 1520. The van der Waals surface area contributed by atoms with Crippen LogP contribution in [0.5, 0.6) is 5.75 Å². The van der Waals surface area contributed by atoms with E-state index in [9.17, 15) is 29.1 Å². The van der Waals surface area contributed by atoms with Crippen molar-refractivity contribution < 1.29 is 67.0 Å². The number of nitrogens with one attached hydrogen (secondary N) is 2. The topological polar surface area (TPSA) is 203 Å². The molecule has 1 aromatic carbocycles. The molecule has 1 fully saturated rings. The highest BCUT2D eigenvalue weighted by Crippen LogP contribution is 2.39. The molecular formula is C41H62N2O14. The third-order valence-corrected chi connectivity index (χ3v) is 8.83. The van der Waals surface area contributed by atoms with Gasteiger partial charge in [0.2, 0.25) is 0 Å². The van der Waals surface area contributed by atoms with Gasteiger partial charge in [-0.3, -0.25) is 14.4 Å². The Kier molecular flexibility index (Phi) is 19.7. The second-order valence-electron chi connectivity index (χ2n) is 15.0. The number of hydrogen-bond donors (Lipinski definition) is 3. The van der Waals surface area contributed by atoms with Crippen LogP contribution < -0.4 is 15.4 Å². The Hall–Kier alpha value is -4.51. The quantitative estimate of drug-likeness (QED) is 0.0655. The molecule has 1 heterocycles. The molecule has 2 amide bonds. The van der Waals surface area contributed by atoms with Crippen molar-refractivity contribution in [3.8, 4) is 5.75 Å². The molecule has 0 aliphatic carbocycles. The van der Waals surface area contributed by atoms with Gasteiger partial charge in [0, 0.05) is 51.2 Å². The number of amides is 2. The molecular weight excluding hydrogens is 744 g/mol. The molecule has 0 saturated carbocycles. The number of hydrogen-bond acceptors (Lipinski definition) is 14. The first kappa shape index (κ1) is 48.6. The maximum absolute atomic E-state index is 13.5. The van der Waals surface area contributed by atoms with Crippen molar-refractivity contribution in [2.24, 2.45) is 5.92 Å². The Labute approximate surface area is 335 Å². The van der Waals surface area contributed by atoms with Gasteiger partial charge >= 0.3 is 24.0 Å². The first-order valence-electron chi connectivity index (χ1n) is 18.9. The van der Waals surface area contributed by atoms with Crippen LogP contribution in [0.3, 0.4) is 0 Å². The van der Waals surface area contributed by atoms with Crippen LogP contribution in [-0.2, 0) is 47.5 Å². The number of aryl methyl sites for hydroxylation is 2. The van der Waals surface area contributed by atoms with Gasteiger partial charge in [-0.15, -0.1) is 13.2 Å². The van der Waals surface area contributed by atoms with E-state index in [1.165, 1.54) is 13.2 Å². The second-order valence-corrected chi connectivity index (χ2v) is 15.0. The van der Waals surface area contributed by atoms with Crippen LogP contribution >= 0.6 is 0 Å². The number of rotatable bonds is 22. The Morgan fingerprint density at radius 2 is 1.63 bits per heavy atom. The molecule has 1 unspecified atom stereocenters. The number of ether oxygens (including phenoxy) is 8. The average Bonchev–Trinajstić information content (AvgIpc) is 3.11. The molecule has 3 N–H and O–H groups in total. The van der Waals surface area contributed by atoms with E-state index in [-0.39, 0.29) is 32.6 Å². The Morgan fingerprint density at radius 1 is 1.00 bits per heavy atom. The summed E-state index contributed by atoms with van der Waals surface area (Å²) in [6, 6.07) is 2.86. The van der Waals surface area contributed by atoms with Crippen LogP contribution in [0.2, 0.25) is 0 Å². The van der Waals surface area contributed by atoms with Gasteiger partial charge in [0.05, 0.1) is 52.2 Å². The van der Waals surface area contributed by atoms with E-state index in [0.29, 0.717) is 48.7 Å². The fourth-order valence-electron chi connectivity index (χ4n) is 6.34. The minimum atomic E-state index is -1.65. The predicted molar refractivity (Wildman–Crippen MR) is 209 cm³/mol. The highest BCUT2D eigenvalue weighted by molar-refractivity contribution is 5.95. The van der Waals surface area contributed by atoms with Crippen LogP contribution in [-0.4, -0.2) is 123 Å². The van der Waals surface area contributed by atoms with E-state index in [4.69, 9.17) is 37.9 Å². The number of esters is 3. The van der Waals surface area contributed by atoms with E-state index < -0.39 is 77.5 Å². The summed E-state index contributed by atoms with van der Waals surface area (Å²) in [7, 11) is 1.19. The molecule has 1 aliphatic heterocycles. The summed E-state index contributed by atoms with van der Waals surface area (Å²) in [5.41, 5.74) is -0.623. The van der Waals surface area contributed by atoms with Gasteiger partial charge in [-0.1, -0.05) is 19.1 Å². The minimum Gasteiger partial charge on any atom is -0.493 e. The van der Waals surface area contributed by atoms with Crippen molar-refractivity contribution in [2.75, 3.05) is 46.7 Å². The number of carbonyl (C=O) groups excluding carboxylic acids is 5. The smallest absolute Gasteiger partial charge is 0.408 e. The zero-order chi connectivity index (χ0) is 42.9. The summed E-state index contributed by atoms with van der Waals surface area (Å²) < 4.78 is 45.1. The van der Waals surface area contributed by atoms with Crippen LogP contribution in [0.4, 0.5) is 4.79 Å². The van der Waals surface area contributed by atoms with E-state index in [1.54, 1.807) is 59.8 Å². The van der Waals surface area contributed by atoms with Crippen molar-refractivity contribution in [1.29, 1.82) is 0 Å². The minimum absolute atomic E-state index is 0.0179. The van der Waals surface area contributed by atoms with Crippen LogP contribution in [0.25, 0.3) is 0 Å². The standard InChI is InChI=1S/C41H62N2O14/c1-12-15-41(38(48)50-11)21-32(46)27(5)35(56-41)36(55-29(7)45)33(54-28(6)44)22-42-37(47)30-19-25(3)34(26(4)20-30)53-18-14-17-52-24-31(23-51-16-13-2)43-39(49)57-40(8,9)10/h12-13,19-20,27,31-33,35-36,46H,1-2,14-18,21-24H2,3-11H3,(H,42,47)(H,43,49)/t27-,31-,32+,33-,35-,36-,41?/m1/s1. The molecule has 16 nitrogen and oxygen atoms in total. The maximum atomic E-state index is 13.5. The Balaban J connectivity index is 2.12. The lowest BCUT2D eigenvalue weighted by Gasteiger charge is -2.47. The van der Waals surface area contributed by atoms with Crippen molar-refractivity contribution in [2.45, 2.75) is 116 Å². The van der Waals surface area contributed by atoms with Gasteiger partial charge < -0.3 is 53.6 Å². The number of benzene rings is 1. The summed E-state index contributed by atoms with van der Waals surface area (Å²) in [6.45, 7) is 21.3. The predicted octanol–water partition coefficient (Wildman–Crippen LogP) is 4.05. The first-order valence-corrected chi connectivity index (χ1v) is 18.9. The lowest BCUT2D eigenvalue weighted by Crippen LogP contribution is -2.62. The molecule has 1 saturated heterocycles. The van der Waals surface area contributed by atoms with Gasteiger partial charge in [0.25, 0.3) is 5.91 Å². The number of methoxy groups -OCH3 is 1. The lowest BCUT2D eigenvalue weighted by molar-refractivity contribution is -0.242. The summed E-state index contributed by atoms with van der Waals surface area (Å²) in [6.07, 6.45) is -1.98. The Morgan fingerprint density at radius 3 is 2.19 bits per heavy atom. The molecule has 1 aromatic rings. The highest BCUT2D eigenvalue weighted by atomic mass is 16.6. The molecule has 0 bridgehead atoms. The van der Waals surface area contributed by atoms with Crippen LogP contribution in [0, 0.1) is 19.8 Å². The zero-order valence-corrected chi connectivity index (χ0v) is 34.8. The number of aliphatic hydroxyl groups is 1. The molecule has 0 radical (unpaired) electrons. The molecule has 7 atom stereocenters. The molecule has 320 valence electrons. The van der Waals surface area contributed by atoms with E-state index >= 15 is 0 Å². The summed E-state index contributed by atoms with van der Waals surface area (Å²) in [5.74, 6) is -2.85.